The lowest BCUT2D eigenvalue weighted by Gasteiger charge is -2.12. The van der Waals surface area contributed by atoms with E-state index in [1.54, 1.807) is 0 Å². The Hall–Kier alpha value is -0.220. The molecule has 0 saturated carbocycles. The van der Waals surface area contributed by atoms with Gasteiger partial charge < -0.3 is 11.1 Å². The van der Waals surface area contributed by atoms with Crippen LogP contribution in [0.4, 0.5) is 0 Å². The number of hydrogen-bond acceptors (Lipinski definition) is 3. The van der Waals surface area contributed by atoms with Crippen molar-refractivity contribution in [3.8, 4) is 0 Å². The van der Waals surface area contributed by atoms with Crippen molar-refractivity contribution in [3.05, 3.63) is 0 Å². The van der Waals surface area contributed by atoms with E-state index in [0.717, 1.165) is 32.2 Å². The maximum absolute atomic E-state index is 11.8. The summed E-state index contributed by atoms with van der Waals surface area (Å²) in [5.74, 6) is 1.54. The maximum Gasteiger partial charge on any atom is 0.222 e. The lowest BCUT2D eigenvalue weighted by atomic mass is 10.0. The van der Waals surface area contributed by atoms with Crippen molar-refractivity contribution in [2.24, 2.45) is 11.7 Å². The Balaban J connectivity index is 3.44. The van der Waals surface area contributed by atoms with Gasteiger partial charge in [-0.15, -0.1) is 0 Å². The molecule has 0 aliphatic carbocycles. The molecule has 4 heteroatoms. The average Bonchev–Trinajstić information content (AvgIpc) is 2.32. The molecular weight excluding hydrogens is 244 g/mol. The van der Waals surface area contributed by atoms with Gasteiger partial charge in [-0.25, -0.2) is 0 Å². The Labute approximate surface area is 117 Å². The fourth-order valence-electron chi connectivity index (χ4n) is 1.81. The summed E-state index contributed by atoms with van der Waals surface area (Å²) < 4.78 is 0. The molecule has 0 aromatic rings. The second kappa shape index (κ2) is 11.8. The van der Waals surface area contributed by atoms with E-state index in [4.69, 9.17) is 5.73 Å². The normalized spacial score (nSPS) is 14.2. The first-order chi connectivity index (χ1) is 8.57. The van der Waals surface area contributed by atoms with Crippen molar-refractivity contribution >= 4 is 17.7 Å². The molecule has 2 atom stereocenters. The SMILES string of the molecule is CSCCCCCNC(=O)C(C)CCCC(C)N. The number of hydrogen-bond donors (Lipinski definition) is 2. The predicted molar refractivity (Wildman–Crippen MR) is 81.9 cm³/mol. The van der Waals surface area contributed by atoms with Crippen LogP contribution in [0.3, 0.4) is 0 Å². The summed E-state index contributed by atoms with van der Waals surface area (Å²) >= 11 is 1.88. The third-order valence-electron chi connectivity index (χ3n) is 3.07. The first-order valence-corrected chi connectivity index (χ1v) is 8.49. The van der Waals surface area contributed by atoms with Gasteiger partial charge in [0.2, 0.25) is 5.91 Å². The molecule has 0 aliphatic heterocycles. The van der Waals surface area contributed by atoms with Gasteiger partial charge in [0.05, 0.1) is 0 Å². The van der Waals surface area contributed by atoms with Crippen LogP contribution >= 0.6 is 11.8 Å². The first kappa shape index (κ1) is 17.8. The molecule has 0 radical (unpaired) electrons. The topological polar surface area (TPSA) is 55.1 Å². The van der Waals surface area contributed by atoms with Gasteiger partial charge >= 0.3 is 0 Å². The minimum atomic E-state index is 0.120. The second-order valence-electron chi connectivity index (χ2n) is 5.15. The van der Waals surface area contributed by atoms with Gasteiger partial charge in [-0.3, -0.25) is 4.79 Å². The first-order valence-electron chi connectivity index (χ1n) is 7.10. The Morgan fingerprint density at radius 1 is 1.17 bits per heavy atom. The zero-order chi connectivity index (χ0) is 13.8. The molecule has 0 rings (SSSR count). The van der Waals surface area contributed by atoms with Crippen LogP contribution in [0.5, 0.6) is 0 Å². The number of unbranched alkanes of at least 4 members (excludes halogenated alkanes) is 2. The van der Waals surface area contributed by atoms with Crippen molar-refractivity contribution in [2.75, 3.05) is 18.6 Å². The highest BCUT2D eigenvalue weighted by molar-refractivity contribution is 7.98. The molecule has 0 aliphatic rings. The Kier molecular flexibility index (Phi) is 11.7. The molecule has 1 amide bonds. The molecule has 0 heterocycles. The van der Waals surface area contributed by atoms with E-state index in [1.807, 2.05) is 25.6 Å². The summed E-state index contributed by atoms with van der Waals surface area (Å²) in [6, 6.07) is 0.247. The summed E-state index contributed by atoms with van der Waals surface area (Å²) in [5, 5.41) is 3.02. The highest BCUT2D eigenvalue weighted by Crippen LogP contribution is 2.09. The number of nitrogens with two attached hydrogens (primary N) is 1. The molecule has 0 saturated heterocycles. The number of carbonyl (C=O) groups is 1. The molecule has 3 N–H and O–H groups in total. The van der Waals surface area contributed by atoms with E-state index >= 15 is 0 Å². The zero-order valence-electron chi connectivity index (χ0n) is 12.2. The minimum absolute atomic E-state index is 0.120. The van der Waals surface area contributed by atoms with Gasteiger partial charge in [-0.2, -0.15) is 11.8 Å². The van der Waals surface area contributed by atoms with Crippen molar-refractivity contribution in [1.29, 1.82) is 0 Å². The Morgan fingerprint density at radius 2 is 1.89 bits per heavy atom. The summed E-state index contributed by atoms with van der Waals surface area (Å²) in [6.45, 7) is 4.84. The van der Waals surface area contributed by atoms with Gasteiger partial charge in [0.25, 0.3) is 0 Å². The van der Waals surface area contributed by atoms with Crippen LogP contribution in [0.15, 0.2) is 0 Å². The highest BCUT2D eigenvalue weighted by Gasteiger charge is 2.11. The van der Waals surface area contributed by atoms with Crippen LogP contribution in [0, 0.1) is 5.92 Å². The molecule has 108 valence electrons. The van der Waals surface area contributed by atoms with Crippen molar-refractivity contribution in [2.45, 2.75) is 58.4 Å². The van der Waals surface area contributed by atoms with E-state index in [1.165, 1.54) is 18.6 Å². The largest absolute Gasteiger partial charge is 0.356 e. The lowest BCUT2D eigenvalue weighted by molar-refractivity contribution is -0.124. The molecule has 2 unspecified atom stereocenters. The summed E-state index contributed by atoms with van der Waals surface area (Å²) in [7, 11) is 0. The van der Waals surface area contributed by atoms with Crippen LogP contribution in [-0.4, -0.2) is 30.5 Å². The average molecular weight is 274 g/mol. The Bertz CT molecular complexity index is 210. The maximum atomic E-state index is 11.8. The second-order valence-corrected chi connectivity index (χ2v) is 6.14. The van der Waals surface area contributed by atoms with E-state index < -0.39 is 0 Å². The molecule has 3 nitrogen and oxygen atoms in total. The standard InChI is InChI=1S/C14H30N2OS/c1-12(8-7-9-13(2)15)14(17)16-10-5-4-6-11-18-3/h12-13H,4-11,15H2,1-3H3,(H,16,17). The summed E-state index contributed by atoms with van der Waals surface area (Å²) in [4.78, 5) is 11.8. The van der Waals surface area contributed by atoms with Crippen LogP contribution in [0.1, 0.15) is 52.4 Å². The van der Waals surface area contributed by atoms with Gasteiger partial charge in [0.15, 0.2) is 0 Å². The number of nitrogens with one attached hydrogen (secondary N) is 1. The smallest absolute Gasteiger partial charge is 0.222 e. The number of carbonyl (C=O) groups excluding carboxylic acids is 1. The zero-order valence-corrected chi connectivity index (χ0v) is 13.0. The van der Waals surface area contributed by atoms with Crippen molar-refractivity contribution < 1.29 is 4.79 Å². The van der Waals surface area contributed by atoms with Crippen LogP contribution in [-0.2, 0) is 4.79 Å². The molecule has 0 bridgehead atoms. The monoisotopic (exact) mass is 274 g/mol. The minimum Gasteiger partial charge on any atom is -0.356 e. The van der Waals surface area contributed by atoms with Gasteiger partial charge in [0, 0.05) is 18.5 Å². The third-order valence-corrected chi connectivity index (χ3v) is 3.77. The quantitative estimate of drug-likeness (QED) is 0.570. The van der Waals surface area contributed by atoms with Gasteiger partial charge in [-0.1, -0.05) is 19.8 Å². The van der Waals surface area contributed by atoms with E-state index in [2.05, 4.69) is 11.6 Å². The fourth-order valence-corrected chi connectivity index (χ4v) is 2.30. The predicted octanol–water partition coefficient (Wildman–Crippen LogP) is 2.79. The van der Waals surface area contributed by atoms with Crippen LogP contribution in [0.25, 0.3) is 0 Å². The number of thioether (sulfide) groups is 1. The summed E-state index contributed by atoms with van der Waals surface area (Å²) in [6.07, 6.45) is 8.68. The number of rotatable bonds is 11. The molecule has 18 heavy (non-hydrogen) atoms. The van der Waals surface area contributed by atoms with Crippen LogP contribution in [0.2, 0.25) is 0 Å². The fraction of sp³-hybridized carbons (Fsp3) is 0.929. The van der Waals surface area contributed by atoms with Gasteiger partial charge in [-0.05, 0) is 44.6 Å². The summed E-state index contributed by atoms with van der Waals surface area (Å²) in [5.41, 5.74) is 5.69. The molecular formula is C14H30N2OS. The molecule has 0 fully saturated rings. The third kappa shape index (κ3) is 10.9. The molecule has 0 spiro atoms. The molecule has 0 aromatic heterocycles. The number of amides is 1. The Morgan fingerprint density at radius 3 is 2.50 bits per heavy atom. The van der Waals surface area contributed by atoms with E-state index in [-0.39, 0.29) is 17.9 Å². The van der Waals surface area contributed by atoms with Crippen molar-refractivity contribution in [1.82, 2.24) is 5.32 Å². The van der Waals surface area contributed by atoms with Gasteiger partial charge in [0.1, 0.15) is 0 Å². The van der Waals surface area contributed by atoms with Crippen LogP contribution < -0.4 is 11.1 Å². The lowest BCUT2D eigenvalue weighted by Crippen LogP contribution is -2.30. The van der Waals surface area contributed by atoms with Crippen molar-refractivity contribution in [3.63, 3.8) is 0 Å². The highest BCUT2D eigenvalue weighted by atomic mass is 32.2. The van der Waals surface area contributed by atoms with E-state index in [0.29, 0.717) is 0 Å². The molecule has 0 aromatic carbocycles. The van der Waals surface area contributed by atoms with E-state index in [9.17, 15) is 4.79 Å².